The molecular weight excluding hydrogens is 226 g/mol. The molecule has 2 N–H and O–H groups in total. The number of hydrogen-bond acceptors (Lipinski definition) is 4. The lowest BCUT2D eigenvalue weighted by Gasteiger charge is -2.10. The second-order valence-corrected chi connectivity index (χ2v) is 3.99. The smallest absolute Gasteiger partial charge is 0.129 e. The van der Waals surface area contributed by atoms with Gasteiger partial charge in [-0.3, -0.25) is 9.97 Å². The Morgan fingerprint density at radius 3 is 2.67 bits per heavy atom. The first kappa shape index (κ1) is 10.9. The summed E-state index contributed by atoms with van der Waals surface area (Å²) in [6.45, 7) is 0.989. The summed E-state index contributed by atoms with van der Waals surface area (Å²) in [5.74, 6) is 0.809. The van der Waals surface area contributed by atoms with Crippen molar-refractivity contribution in [3.05, 3.63) is 42.7 Å². The lowest BCUT2D eigenvalue weighted by Crippen LogP contribution is -2.10. The molecule has 0 atom stereocenters. The van der Waals surface area contributed by atoms with E-state index in [9.17, 15) is 0 Å². The Hall–Kier alpha value is -2.20. The summed E-state index contributed by atoms with van der Waals surface area (Å²) >= 11 is 0. The standard InChI is InChI=1S/C14H13N3O/c15-5-8-18-12-9-10-3-1-6-16-13(10)14-11(12)4-2-7-17-14/h1-4,6-7,9H,5,8,15H2. The molecule has 2 aromatic heterocycles. The Morgan fingerprint density at radius 2 is 1.83 bits per heavy atom. The molecule has 0 amide bonds. The van der Waals surface area contributed by atoms with E-state index in [1.165, 1.54) is 0 Å². The highest BCUT2D eigenvalue weighted by Crippen LogP contribution is 2.30. The average molecular weight is 239 g/mol. The van der Waals surface area contributed by atoms with Gasteiger partial charge in [0, 0.05) is 29.7 Å². The predicted molar refractivity (Wildman–Crippen MR) is 71.6 cm³/mol. The van der Waals surface area contributed by atoms with Crippen LogP contribution in [0.3, 0.4) is 0 Å². The molecule has 0 fully saturated rings. The minimum Gasteiger partial charge on any atom is -0.492 e. The number of nitrogens with two attached hydrogens (primary N) is 1. The van der Waals surface area contributed by atoms with Gasteiger partial charge in [0.1, 0.15) is 17.9 Å². The number of benzene rings is 1. The molecule has 18 heavy (non-hydrogen) atoms. The fraction of sp³-hybridized carbons (Fsp3) is 0.143. The van der Waals surface area contributed by atoms with Gasteiger partial charge in [-0.15, -0.1) is 0 Å². The Bertz CT molecular complexity index is 697. The quantitative estimate of drug-likeness (QED) is 0.711. The van der Waals surface area contributed by atoms with E-state index in [0.717, 1.165) is 27.6 Å². The lowest BCUT2D eigenvalue weighted by molar-refractivity contribution is 0.332. The Morgan fingerprint density at radius 1 is 1.06 bits per heavy atom. The van der Waals surface area contributed by atoms with Crippen LogP contribution in [0.1, 0.15) is 0 Å². The number of pyridine rings is 2. The largest absolute Gasteiger partial charge is 0.492 e. The molecule has 3 aromatic rings. The second-order valence-electron chi connectivity index (χ2n) is 3.99. The van der Waals surface area contributed by atoms with Crippen LogP contribution in [-0.4, -0.2) is 23.1 Å². The van der Waals surface area contributed by atoms with E-state index in [1.807, 2.05) is 30.3 Å². The third-order valence-corrected chi connectivity index (χ3v) is 2.80. The lowest BCUT2D eigenvalue weighted by atomic mass is 10.1. The van der Waals surface area contributed by atoms with Crippen LogP contribution in [0.15, 0.2) is 42.7 Å². The highest BCUT2D eigenvalue weighted by Gasteiger charge is 2.08. The van der Waals surface area contributed by atoms with E-state index in [-0.39, 0.29) is 0 Å². The molecule has 0 aliphatic carbocycles. The minimum atomic E-state index is 0.493. The van der Waals surface area contributed by atoms with Crippen LogP contribution in [-0.2, 0) is 0 Å². The number of ether oxygens (including phenoxy) is 1. The molecule has 0 aliphatic rings. The first-order valence-corrected chi connectivity index (χ1v) is 5.85. The maximum Gasteiger partial charge on any atom is 0.129 e. The monoisotopic (exact) mass is 239 g/mol. The molecule has 0 aliphatic heterocycles. The number of hydrogen-bond donors (Lipinski definition) is 1. The summed E-state index contributed by atoms with van der Waals surface area (Å²) in [7, 11) is 0. The third-order valence-electron chi connectivity index (χ3n) is 2.80. The van der Waals surface area contributed by atoms with Gasteiger partial charge in [-0.25, -0.2) is 0 Å². The van der Waals surface area contributed by atoms with Gasteiger partial charge in [0.15, 0.2) is 0 Å². The SMILES string of the molecule is NCCOc1cc2cccnc2c2ncccc12. The van der Waals surface area contributed by atoms with Gasteiger partial charge in [-0.05, 0) is 24.3 Å². The second kappa shape index (κ2) is 4.58. The van der Waals surface area contributed by atoms with Crippen molar-refractivity contribution in [2.24, 2.45) is 5.73 Å². The molecule has 90 valence electrons. The molecule has 0 saturated carbocycles. The first-order chi connectivity index (χ1) is 8.90. The van der Waals surface area contributed by atoms with E-state index in [0.29, 0.717) is 13.2 Å². The van der Waals surface area contributed by atoms with Crippen molar-refractivity contribution in [1.82, 2.24) is 9.97 Å². The van der Waals surface area contributed by atoms with Crippen LogP contribution in [0, 0.1) is 0 Å². The molecule has 2 heterocycles. The molecule has 0 unspecified atom stereocenters. The van der Waals surface area contributed by atoms with Crippen LogP contribution in [0.5, 0.6) is 5.75 Å². The zero-order valence-corrected chi connectivity index (χ0v) is 9.84. The van der Waals surface area contributed by atoms with Crippen molar-refractivity contribution >= 4 is 21.8 Å². The molecule has 0 saturated heterocycles. The summed E-state index contributed by atoms with van der Waals surface area (Å²) in [6, 6.07) is 9.78. The van der Waals surface area contributed by atoms with Crippen molar-refractivity contribution in [1.29, 1.82) is 0 Å². The van der Waals surface area contributed by atoms with Gasteiger partial charge >= 0.3 is 0 Å². The fourth-order valence-corrected chi connectivity index (χ4v) is 2.03. The summed E-state index contributed by atoms with van der Waals surface area (Å²) in [6.07, 6.45) is 3.54. The summed E-state index contributed by atoms with van der Waals surface area (Å²) < 4.78 is 5.68. The van der Waals surface area contributed by atoms with Crippen molar-refractivity contribution in [3.8, 4) is 5.75 Å². The average Bonchev–Trinajstić information content (AvgIpc) is 2.45. The number of rotatable bonds is 3. The van der Waals surface area contributed by atoms with Crippen LogP contribution < -0.4 is 10.5 Å². The summed E-state index contributed by atoms with van der Waals surface area (Å²) in [5, 5.41) is 1.99. The number of aromatic nitrogens is 2. The third kappa shape index (κ3) is 1.76. The van der Waals surface area contributed by atoms with Crippen LogP contribution in [0.25, 0.3) is 21.8 Å². The van der Waals surface area contributed by atoms with Crippen molar-refractivity contribution in [3.63, 3.8) is 0 Å². The molecule has 3 rings (SSSR count). The fourth-order valence-electron chi connectivity index (χ4n) is 2.03. The molecule has 0 spiro atoms. The highest BCUT2D eigenvalue weighted by atomic mass is 16.5. The van der Waals surface area contributed by atoms with Gasteiger partial charge in [0.05, 0.1) is 5.52 Å². The first-order valence-electron chi connectivity index (χ1n) is 5.85. The van der Waals surface area contributed by atoms with Gasteiger partial charge in [-0.1, -0.05) is 6.07 Å². The van der Waals surface area contributed by atoms with Crippen molar-refractivity contribution in [2.45, 2.75) is 0 Å². The Balaban J connectivity index is 2.32. The molecule has 0 radical (unpaired) electrons. The Kier molecular flexibility index (Phi) is 2.78. The Labute approximate surface area is 104 Å². The zero-order valence-electron chi connectivity index (χ0n) is 9.84. The highest BCUT2D eigenvalue weighted by molar-refractivity contribution is 6.05. The van der Waals surface area contributed by atoms with E-state index in [2.05, 4.69) is 9.97 Å². The van der Waals surface area contributed by atoms with E-state index in [4.69, 9.17) is 10.5 Å². The topological polar surface area (TPSA) is 61.0 Å². The summed E-state index contributed by atoms with van der Waals surface area (Å²) in [4.78, 5) is 8.79. The molecule has 1 aromatic carbocycles. The molecular formula is C14H13N3O. The maximum atomic E-state index is 5.68. The van der Waals surface area contributed by atoms with Gasteiger partial charge < -0.3 is 10.5 Å². The number of fused-ring (bicyclic) bond motifs is 3. The van der Waals surface area contributed by atoms with Crippen LogP contribution >= 0.6 is 0 Å². The van der Waals surface area contributed by atoms with E-state index >= 15 is 0 Å². The molecule has 4 heteroatoms. The van der Waals surface area contributed by atoms with Gasteiger partial charge in [0.25, 0.3) is 0 Å². The zero-order chi connectivity index (χ0) is 12.4. The van der Waals surface area contributed by atoms with Crippen LogP contribution in [0.2, 0.25) is 0 Å². The summed E-state index contributed by atoms with van der Waals surface area (Å²) in [5.41, 5.74) is 7.24. The van der Waals surface area contributed by atoms with E-state index < -0.39 is 0 Å². The van der Waals surface area contributed by atoms with Gasteiger partial charge in [-0.2, -0.15) is 0 Å². The van der Waals surface area contributed by atoms with Crippen LogP contribution in [0.4, 0.5) is 0 Å². The van der Waals surface area contributed by atoms with Crippen molar-refractivity contribution in [2.75, 3.05) is 13.2 Å². The maximum absolute atomic E-state index is 5.68. The predicted octanol–water partition coefficient (Wildman–Crippen LogP) is 2.12. The number of nitrogens with zero attached hydrogens (tertiary/aromatic N) is 2. The van der Waals surface area contributed by atoms with Crippen molar-refractivity contribution < 1.29 is 4.74 Å². The minimum absolute atomic E-state index is 0.493. The molecule has 0 bridgehead atoms. The van der Waals surface area contributed by atoms with E-state index in [1.54, 1.807) is 12.4 Å². The molecule has 4 nitrogen and oxygen atoms in total. The van der Waals surface area contributed by atoms with Gasteiger partial charge in [0.2, 0.25) is 0 Å². The normalized spacial score (nSPS) is 10.9.